The normalized spacial score (nSPS) is 16.8. The van der Waals surface area contributed by atoms with Gasteiger partial charge in [-0.1, -0.05) is 0 Å². The van der Waals surface area contributed by atoms with Gasteiger partial charge in [-0.25, -0.2) is 13.4 Å². The molecule has 0 saturated carbocycles. The molecule has 0 amide bonds. The predicted octanol–water partition coefficient (Wildman–Crippen LogP) is 0.933. The van der Waals surface area contributed by atoms with Crippen molar-refractivity contribution >= 4 is 39.3 Å². The topological polar surface area (TPSA) is 111 Å². The van der Waals surface area contributed by atoms with E-state index in [1.807, 2.05) is 0 Å². The van der Waals surface area contributed by atoms with Crippen LogP contribution < -0.4 is 14.8 Å². The standard InChI is InChI=1S/C15H20N4O6S2/c1-9-16-13(18-15(26)25-5)19(14(17-9)24-4)27(20,21)12-8-10(22-2)6-7-11(12)23-3/h6-8,13H,1-5H3,(H,18,26). The van der Waals surface area contributed by atoms with Gasteiger partial charge in [-0.2, -0.15) is 9.30 Å². The van der Waals surface area contributed by atoms with Gasteiger partial charge in [-0.05, 0) is 31.3 Å². The third-order valence-corrected chi connectivity index (χ3v) is 5.53. The minimum atomic E-state index is -4.24. The van der Waals surface area contributed by atoms with Crippen LogP contribution in [-0.4, -0.2) is 64.5 Å². The van der Waals surface area contributed by atoms with E-state index in [1.165, 1.54) is 40.6 Å². The minimum Gasteiger partial charge on any atom is -0.497 e. The summed E-state index contributed by atoms with van der Waals surface area (Å²) in [6.45, 7) is 1.60. The number of nitrogens with zero attached hydrogens (tertiary/aromatic N) is 3. The molecule has 0 radical (unpaired) electrons. The molecule has 2 rings (SSSR count). The van der Waals surface area contributed by atoms with Crippen LogP contribution in [0.3, 0.4) is 0 Å². The summed E-state index contributed by atoms with van der Waals surface area (Å²) in [5, 5.41) is 2.64. The first-order valence-electron chi connectivity index (χ1n) is 7.56. The first-order valence-corrected chi connectivity index (χ1v) is 9.41. The Balaban J connectivity index is 2.62. The van der Waals surface area contributed by atoms with Gasteiger partial charge in [0.25, 0.3) is 15.2 Å². The quantitative estimate of drug-likeness (QED) is 0.706. The minimum absolute atomic E-state index is 0.0493. The van der Waals surface area contributed by atoms with E-state index in [1.54, 1.807) is 13.0 Å². The van der Waals surface area contributed by atoms with Crippen molar-refractivity contribution in [3.8, 4) is 11.5 Å². The Morgan fingerprint density at radius 1 is 1.19 bits per heavy atom. The molecule has 1 unspecified atom stereocenters. The van der Waals surface area contributed by atoms with Gasteiger partial charge in [-0.3, -0.25) is 0 Å². The first-order chi connectivity index (χ1) is 12.8. The number of hydrogen-bond donors (Lipinski definition) is 1. The van der Waals surface area contributed by atoms with E-state index in [9.17, 15) is 8.42 Å². The van der Waals surface area contributed by atoms with Crippen LogP contribution >= 0.6 is 12.2 Å². The highest BCUT2D eigenvalue weighted by Crippen LogP contribution is 2.32. The molecule has 0 fully saturated rings. The molecule has 0 aromatic heterocycles. The fraction of sp³-hybridized carbons (Fsp3) is 0.400. The van der Waals surface area contributed by atoms with E-state index < -0.39 is 16.3 Å². The van der Waals surface area contributed by atoms with Gasteiger partial charge in [-0.15, -0.1) is 0 Å². The highest BCUT2D eigenvalue weighted by atomic mass is 32.2. The van der Waals surface area contributed by atoms with Crippen LogP contribution in [0.2, 0.25) is 0 Å². The summed E-state index contributed by atoms with van der Waals surface area (Å²) in [5.74, 6) is 0.747. The molecule has 0 saturated heterocycles. The van der Waals surface area contributed by atoms with E-state index >= 15 is 0 Å². The van der Waals surface area contributed by atoms with Gasteiger partial charge in [0, 0.05) is 6.07 Å². The van der Waals surface area contributed by atoms with E-state index in [0.717, 1.165) is 4.31 Å². The Kier molecular flexibility index (Phi) is 6.44. The molecule has 1 aromatic rings. The highest BCUT2D eigenvalue weighted by Gasteiger charge is 2.40. The number of ether oxygens (including phenoxy) is 4. The molecular formula is C15H20N4O6S2. The Bertz CT molecular complexity index is 884. The summed E-state index contributed by atoms with van der Waals surface area (Å²) in [4.78, 5) is 8.08. The maximum Gasteiger partial charge on any atom is 0.311 e. The van der Waals surface area contributed by atoms with Crippen molar-refractivity contribution in [1.29, 1.82) is 0 Å². The third kappa shape index (κ3) is 4.22. The number of rotatable bonds is 5. The number of methoxy groups -OCH3 is 4. The number of thiocarbonyl (C=S) groups is 1. The van der Waals surface area contributed by atoms with Crippen LogP contribution in [0.4, 0.5) is 0 Å². The Hall–Kier alpha value is -2.60. The van der Waals surface area contributed by atoms with Crippen LogP contribution in [0.1, 0.15) is 6.92 Å². The molecule has 1 aromatic carbocycles. The van der Waals surface area contributed by atoms with E-state index in [4.69, 9.17) is 31.2 Å². The number of amidine groups is 2. The van der Waals surface area contributed by atoms with Gasteiger partial charge in [0.05, 0.1) is 28.4 Å². The third-order valence-electron chi connectivity index (χ3n) is 3.50. The lowest BCUT2D eigenvalue weighted by Gasteiger charge is -2.32. The van der Waals surface area contributed by atoms with Gasteiger partial charge >= 0.3 is 6.02 Å². The number of sulfonamides is 1. The summed E-state index contributed by atoms with van der Waals surface area (Å²) in [5.41, 5.74) is 0. The van der Waals surface area contributed by atoms with E-state index in [-0.39, 0.29) is 21.8 Å². The van der Waals surface area contributed by atoms with Gasteiger partial charge in [0.2, 0.25) is 6.29 Å². The fourth-order valence-corrected chi connectivity index (χ4v) is 3.94. The SMILES string of the molecule is COC(=S)NC1N=C(C)N=C(OC)N1S(=O)(=O)c1cc(OC)ccc1OC. The summed E-state index contributed by atoms with van der Waals surface area (Å²) < 4.78 is 48.1. The van der Waals surface area contributed by atoms with Crippen LogP contribution in [0.5, 0.6) is 11.5 Å². The molecule has 1 heterocycles. The van der Waals surface area contributed by atoms with Crippen molar-refractivity contribution in [3.05, 3.63) is 18.2 Å². The number of hydrogen-bond acceptors (Lipinski definition) is 9. The number of nitrogens with one attached hydrogen (secondary N) is 1. The smallest absolute Gasteiger partial charge is 0.311 e. The van der Waals surface area contributed by atoms with Gasteiger partial charge in [0.15, 0.2) is 0 Å². The molecule has 12 heteroatoms. The molecular weight excluding hydrogens is 396 g/mol. The average Bonchev–Trinajstić information content (AvgIpc) is 2.66. The van der Waals surface area contributed by atoms with Crippen molar-refractivity contribution in [1.82, 2.24) is 9.62 Å². The summed E-state index contributed by atoms with van der Waals surface area (Å²) in [7, 11) is 1.20. The molecule has 27 heavy (non-hydrogen) atoms. The van der Waals surface area contributed by atoms with Crippen molar-refractivity contribution in [3.63, 3.8) is 0 Å². The zero-order valence-electron chi connectivity index (χ0n) is 15.4. The summed E-state index contributed by atoms with van der Waals surface area (Å²) in [6, 6.07) is 4.20. The summed E-state index contributed by atoms with van der Waals surface area (Å²) in [6.07, 6.45) is -1.16. The second-order valence-electron chi connectivity index (χ2n) is 5.10. The van der Waals surface area contributed by atoms with E-state index in [2.05, 4.69) is 15.3 Å². The zero-order valence-corrected chi connectivity index (χ0v) is 17.1. The number of benzene rings is 1. The second kappa shape index (κ2) is 8.39. The Morgan fingerprint density at radius 3 is 2.44 bits per heavy atom. The monoisotopic (exact) mass is 416 g/mol. The van der Waals surface area contributed by atoms with Gasteiger partial charge in [0.1, 0.15) is 22.2 Å². The average molecular weight is 416 g/mol. The Morgan fingerprint density at radius 2 is 1.89 bits per heavy atom. The van der Waals surface area contributed by atoms with Crippen LogP contribution in [0.15, 0.2) is 33.1 Å². The van der Waals surface area contributed by atoms with Crippen molar-refractivity contribution in [2.45, 2.75) is 18.1 Å². The highest BCUT2D eigenvalue weighted by molar-refractivity contribution is 7.89. The lowest BCUT2D eigenvalue weighted by Crippen LogP contribution is -2.54. The van der Waals surface area contributed by atoms with Crippen molar-refractivity contribution in [2.75, 3.05) is 28.4 Å². The zero-order chi connectivity index (χ0) is 20.2. The van der Waals surface area contributed by atoms with E-state index in [0.29, 0.717) is 11.6 Å². The van der Waals surface area contributed by atoms with Crippen LogP contribution in [-0.2, 0) is 19.5 Å². The van der Waals surface area contributed by atoms with Crippen LogP contribution in [0.25, 0.3) is 0 Å². The second-order valence-corrected chi connectivity index (χ2v) is 7.26. The first kappa shape index (κ1) is 20.7. The lowest BCUT2D eigenvalue weighted by atomic mass is 10.3. The molecule has 0 aliphatic carbocycles. The molecule has 1 aliphatic heterocycles. The molecule has 0 spiro atoms. The summed E-state index contributed by atoms with van der Waals surface area (Å²) >= 11 is 4.98. The lowest BCUT2D eigenvalue weighted by molar-refractivity contribution is 0.283. The van der Waals surface area contributed by atoms with Gasteiger partial charge < -0.3 is 24.3 Å². The predicted molar refractivity (Wildman–Crippen MR) is 103 cm³/mol. The molecule has 148 valence electrons. The maximum absolute atomic E-state index is 13.4. The largest absolute Gasteiger partial charge is 0.497 e. The molecule has 1 atom stereocenters. The molecule has 1 aliphatic rings. The fourth-order valence-electron chi connectivity index (χ4n) is 2.27. The molecule has 10 nitrogen and oxygen atoms in total. The van der Waals surface area contributed by atoms with Crippen molar-refractivity contribution in [2.24, 2.45) is 9.98 Å². The van der Waals surface area contributed by atoms with Crippen LogP contribution in [0, 0.1) is 0 Å². The van der Waals surface area contributed by atoms with Crippen molar-refractivity contribution < 1.29 is 27.4 Å². The Labute approximate surface area is 162 Å². The molecule has 0 bridgehead atoms. The number of aliphatic imine (C=N–C) groups is 2. The maximum atomic E-state index is 13.4. The molecule has 1 N–H and O–H groups in total.